The summed E-state index contributed by atoms with van der Waals surface area (Å²) in [6.07, 6.45) is 6.51. The molecule has 1 saturated carbocycles. The van der Waals surface area contributed by atoms with Gasteiger partial charge in [0, 0.05) is 60.6 Å². The van der Waals surface area contributed by atoms with Crippen LogP contribution in [-0.2, 0) is 13.0 Å². The molecule has 4 heteroatoms. The molecule has 146 valence electrons. The van der Waals surface area contributed by atoms with Gasteiger partial charge in [-0.05, 0) is 60.4 Å². The fraction of sp³-hybridized carbons (Fsp3) is 0.360. The molecule has 6 rings (SSSR count). The van der Waals surface area contributed by atoms with Crippen molar-refractivity contribution in [2.45, 2.75) is 38.3 Å². The van der Waals surface area contributed by atoms with Gasteiger partial charge in [-0.2, -0.15) is 0 Å². The predicted molar refractivity (Wildman–Crippen MR) is 115 cm³/mol. The Bertz CT molecular complexity index is 1110. The normalized spacial score (nSPS) is 22.9. The van der Waals surface area contributed by atoms with E-state index >= 15 is 0 Å². The van der Waals surface area contributed by atoms with Crippen molar-refractivity contribution in [2.24, 2.45) is 5.92 Å². The van der Waals surface area contributed by atoms with Crippen molar-refractivity contribution in [1.29, 1.82) is 0 Å². The van der Waals surface area contributed by atoms with Crippen LogP contribution in [0.15, 0.2) is 54.7 Å². The molecule has 2 aliphatic heterocycles. The Morgan fingerprint density at radius 1 is 1.07 bits per heavy atom. The number of hydrogen-bond acceptors (Lipinski definition) is 3. The van der Waals surface area contributed by atoms with E-state index in [-0.39, 0.29) is 5.91 Å². The van der Waals surface area contributed by atoms with Crippen LogP contribution in [0.25, 0.3) is 10.8 Å². The topological polar surface area (TPSA) is 36.4 Å². The molecule has 4 nitrogen and oxygen atoms in total. The molecule has 1 amide bonds. The number of hydrogen-bond donors (Lipinski definition) is 0. The maximum Gasteiger partial charge on any atom is 0.254 e. The molecule has 0 bridgehead atoms. The largest absolute Gasteiger partial charge is 0.366 e. The molecule has 0 radical (unpaired) electrons. The summed E-state index contributed by atoms with van der Waals surface area (Å²) in [6.45, 7) is 2.78. The number of amides is 1. The molecule has 2 fully saturated rings. The average molecular weight is 383 g/mol. The second-order valence-electron chi connectivity index (χ2n) is 8.70. The quantitative estimate of drug-likeness (QED) is 0.657. The number of pyridine rings is 1. The minimum Gasteiger partial charge on any atom is -0.366 e. The van der Waals surface area contributed by atoms with Crippen molar-refractivity contribution in [1.82, 2.24) is 9.88 Å². The van der Waals surface area contributed by atoms with E-state index in [2.05, 4.69) is 51.2 Å². The minimum absolute atomic E-state index is 0.211. The lowest BCUT2D eigenvalue weighted by Crippen LogP contribution is -2.37. The highest BCUT2D eigenvalue weighted by Gasteiger charge is 2.46. The molecular weight excluding hydrogens is 358 g/mol. The Hall–Kier alpha value is -2.88. The van der Waals surface area contributed by atoms with Crippen molar-refractivity contribution in [3.8, 4) is 0 Å². The molecule has 29 heavy (non-hydrogen) atoms. The second-order valence-corrected chi connectivity index (χ2v) is 8.70. The summed E-state index contributed by atoms with van der Waals surface area (Å²) in [7, 11) is 0. The number of carbonyl (C=O) groups excluding carboxylic acids is 1. The smallest absolute Gasteiger partial charge is 0.254 e. The first-order chi connectivity index (χ1) is 14.3. The number of rotatable bonds is 2. The fourth-order valence-electron chi connectivity index (χ4n) is 5.28. The van der Waals surface area contributed by atoms with Crippen molar-refractivity contribution in [3.05, 3.63) is 71.5 Å². The van der Waals surface area contributed by atoms with Gasteiger partial charge in [-0.25, -0.2) is 0 Å². The molecule has 1 saturated heterocycles. The molecular formula is C25H25N3O. The van der Waals surface area contributed by atoms with E-state index in [4.69, 9.17) is 0 Å². The van der Waals surface area contributed by atoms with Gasteiger partial charge in [-0.3, -0.25) is 9.78 Å². The van der Waals surface area contributed by atoms with Gasteiger partial charge in [-0.1, -0.05) is 24.3 Å². The molecule has 2 aromatic carbocycles. The number of aromatic nitrogens is 1. The first-order valence-corrected chi connectivity index (χ1v) is 10.8. The number of anilines is 1. The summed E-state index contributed by atoms with van der Waals surface area (Å²) in [6, 6.07) is 17.4. The third-order valence-electron chi connectivity index (χ3n) is 6.93. The summed E-state index contributed by atoms with van der Waals surface area (Å²) in [4.78, 5) is 22.2. The van der Waals surface area contributed by atoms with Crippen LogP contribution < -0.4 is 4.90 Å². The van der Waals surface area contributed by atoms with Gasteiger partial charge in [0.2, 0.25) is 0 Å². The average Bonchev–Trinajstić information content (AvgIpc) is 3.57. The summed E-state index contributed by atoms with van der Waals surface area (Å²) in [5.41, 5.74) is 4.61. The third-order valence-corrected chi connectivity index (χ3v) is 6.93. The van der Waals surface area contributed by atoms with Crippen LogP contribution in [0.1, 0.15) is 40.9 Å². The monoisotopic (exact) mass is 383 g/mol. The van der Waals surface area contributed by atoms with Crippen molar-refractivity contribution in [2.75, 3.05) is 18.0 Å². The van der Waals surface area contributed by atoms with Gasteiger partial charge in [0.15, 0.2) is 0 Å². The molecule has 2 unspecified atom stereocenters. The number of piperidine rings is 1. The zero-order chi connectivity index (χ0) is 19.4. The standard InChI is InChI=1S/C25H25N3O/c29-25(28-12-3-6-18-15-24(18)28)19-8-9-21-17(14-19)4-1-7-23(21)27-13-10-22-20(16-27)5-2-11-26-22/h1-2,4-5,7-9,11,14,18,24H,3,6,10,12-13,15-16H2. The Labute approximate surface area is 171 Å². The molecule has 3 aliphatic rings. The molecule has 0 N–H and O–H groups in total. The summed E-state index contributed by atoms with van der Waals surface area (Å²) in [5.74, 6) is 0.971. The first-order valence-electron chi connectivity index (χ1n) is 10.8. The highest BCUT2D eigenvalue weighted by atomic mass is 16.2. The SMILES string of the molecule is O=C(c1ccc2c(N3CCc4ncccc4C3)cccc2c1)N1CCCC2CC21. The highest BCUT2D eigenvalue weighted by Crippen LogP contribution is 2.43. The molecule has 3 heterocycles. The minimum atomic E-state index is 0.211. The van der Waals surface area contributed by atoms with Crippen LogP contribution in [-0.4, -0.2) is 34.9 Å². The summed E-state index contributed by atoms with van der Waals surface area (Å²) in [5, 5.41) is 2.37. The Morgan fingerprint density at radius 2 is 2.03 bits per heavy atom. The molecule has 0 spiro atoms. The summed E-state index contributed by atoms with van der Waals surface area (Å²) < 4.78 is 0. The number of fused-ring (bicyclic) bond motifs is 3. The third kappa shape index (κ3) is 2.89. The van der Waals surface area contributed by atoms with E-state index in [1.165, 1.54) is 35.2 Å². The second kappa shape index (κ2) is 6.58. The molecule has 2 atom stereocenters. The van der Waals surface area contributed by atoms with E-state index < -0.39 is 0 Å². The Balaban J connectivity index is 1.32. The van der Waals surface area contributed by atoms with E-state index in [0.29, 0.717) is 6.04 Å². The zero-order valence-corrected chi connectivity index (χ0v) is 16.6. The molecule has 3 aromatic rings. The van der Waals surface area contributed by atoms with E-state index in [1.807, 2.05) is 18.3 Å². The van der Waals surface area contributed by atoms with Gasteiger partial charge in [-0.15, -0.1) is 0 Å². The molecule has 1 aliphatic carbocycles. The van der Waals surface area contributed by atoms with Crippen LogP contribution in [0.4, 0.5) is 5.69 Å². The molecule has 1 aromatic heterocycles. The Kier molecular flexibility index (Phi) is 3.86. The predicted octanol–water partition coefficient (Wildman–Crippen LogP) is 4.42. The van der Waals surface area contributed by atoms with Crippen LogP contribution >= 0.6 is 0 Å². The van der Waals surface area contributed by atoms with E-state index in [0.717, 1.165) is 49.3 Å². The van der Waals surface area contributed by atoms with Crippen LogP contribution in [0, 0.1) is 5.92 Å². The van der Waals surface area contributed by atoms with Gasteiger partial charge < -0.3 is 9.80 Å². The van der Waals surface area contributed by atoms with Gasteiger partial charge in [0.1, 0.15) is 0 Å². The van der Waals surface area contributed by atoms with Crippen LogP contribution in [0.5, 0.6) is 0 Å². The number of likely N-dealkylation sites (tertiary alicyclic amines) is 1. The fourth-order valence-corrected chi connectivity index (χ4v) is 5.28. The number of carbonyl (C=O) groups is 1. The van der Waals surface area contributed by atoms with Gasteiger partial charge in [0.05, 0.1) is 0 Å². The maximum absolute atomic E-state index is 13.1. The lowest BCUT2D eigenvalue weighted by Gasteiger charge is -2.31. The van der Waals surface area contributed by atoms with Crippen LogP contribution in [0.3, 0.4) is 0 Å². The van der Waals surface area contributed by atoms with Gasteiger partial charge >= 0.3 is 0 Å². The lowest BCUT2D eigenvalue weighted by molar-refractivity contribution is 0.0706. The lowest BCUT2D eigenvalue weighted by atomic mass is 10.0. The van der Waals surface area contributed by atoms with Gasteiger partial charge in [0.25, 0.3) is 5.91 Å². The van der Waals surface area contributed by atoms with Crippen LogP contribution in [0.2, 0.25) is 0 Å². The number of nitrogens with zero attached hydrogens (tertiary/aromatic N) is 3. The summed E-state index contributed by atoms with van der Waals surface area (Å²) >= 11 is 0. The maximum atomic E-state index is 13.1. The van der Waals surface area contributed by atoms with E-state index in [1.54, 1.807) is 0 Å². The van der Waals surface area contributed by atoms with Crippen molar-refractivity contribution in [3.63, 3.8) is 0 Å². The van der Waals surface area contributed by atoms with Crippen molar-refractivity contribution < 1.29 is 4.79 Å². The zero-order valence-electron chi connectivity index (χ0n) is 16.6. The van der Waals surface area contributed by atoms with Crippen molar-refractivity contribution >= 4 is 22.4 Å². The Morgan fingerprint density at radius 3 is 3.00 bits per heavy atom. The first kappa shape index (κ1) is 17.0. The highest BCUT2D eigenvalue weighted by molar-refractivity contribution is 6.02. The number of benzene rings is 2. The van der Waals surface area contributed by atoms with E-state index in [9.17, 15) is 4.79 Å².